The monoisotopic (exact) mass is 343 g/mol. The SMILES string of the molecule is CC/C(=C(\c1ccccc1)c1ccc(OCNC)cc1)c1ccccc1. The van der Waals surface area contributed by atoms with Gasteiger partial charge in [0.2, 0.25) is 0 Å². The van der Waals surface area contributed by atoms with Gasteiger partial charge in [0.1, 0.15) is 12.5 Å². The number of benzene rings is 3. The first-order chi connectivity index (χ1) is 12.8. The van der Waals surface area contributed by atoms with Crippen molar-refractivity contribution in [1.82, 2.24) is 5.32 Å². The Hall–Kier alpha value is -2.84. The lowest BCUT2D eigenvalue weighted by molar-refractivity contribution is 0.296. The Kier molecular flexibility index (Phi) is 6.24. The van der Waals surface area contributed by atoms with Crippen LogP contribution in [-0.4, -0.2) is 13.8 Å². The van der Waals surface area contributed by atoms with Crippen LogP contribution in [0.5, 0.6) is 5.75 Å². The van der Waals surface area contributed by atoms with Crippen molar-refractivity contribution >= 4 is 11.1 Å². The molecular formula is C24H25NO. The molecule has 0 aliphatic heterocycles. The predicted octanol–water partition coefficient (Wildman–Crippen LogP) is 5.61. The Morgan fingerprint density at radius 2 is 1.27 bits per heavy atom. The lowest BCUT2D eigenvalue weighted by Gasteiger charge is -2.16. The van der Waals surface area contributed by atoms with Gasteiger partial charge >= 0.3 is 0 Å². The second-order valence-electron chi connectivity index (χ2n) is 6.11. The maximum absolute atomic E-state index is 5.64. The number of hydrogen-bond acceptors (Lipinski definition) is 2. The number of ether oxygens (including phenoxy) is 1. The van der Waals surface area contributed by atoms with Gasteiger partial charge in [-0.25, -0.2) is 0 Å². The number of nitrogens with one attached hydrogen (secondary N) is 1. The van der Waals surface area contributed by atoms with Crippen LogP contribution < -0.4 is 10.1 Å². The van der Waals surface area contributed by atoms with Gasteiger partial charge in [-0.3, -0.25) is 5.32 Å². The third-order valence-electron chi connectivity index (χ3n) is 4.37. The van der Waals surface area contributed by atoms with Crippen molar-refractivity contribution in [3.8, 4) is 5.75 Å². The zero-order chi connectivity index (χ0) is 18.2. The standard InChI is InChI=1S/C24H25NO/c1-3-23(19-10-6-4-7-11-19)24(20-12-8-5-9-13-20)21-14-16-22(17-15-21)26-18-25-2/h4-17,25H,3,18H2,1-2H3/b24-23-. The first kappa shape index (κ1) is 18.0. The summed E-state index contributed by atoms with van der Waals surface area (Å²) in [6.07, 6.45) is 0.965. The summed E-state index contributed by atoms with van der Waals surface area (Å²) in [4.78, 5) is 0. The molecule has 2 nitrogen and oxygen atoms in total. The fourth-order valence-electron chi connectivity index (χ4n) is 3.16. The Labute approximate surface area is 156 Å². The van der Waals surface area contributed by atoms with Crippen molar-refractivity contribution < 1.29 is 4.74 Å². The lowest BCUT2D eigenvalue weighted by Crippen LogP contribution is -2.13. The first-order valence-corrected chi connectivity index (χ1v) is 9.05. The summed E-state index contributed by atoms with van der Waals surface area (Å²) in [7, 11) is 1.87. The molecule has 0 saturated heterocycles. The van der Waals surface area contributed by atoms with Gasteiger partial charge in [0, 0.05) is 0 Å². The van der Waals surface area contributed by atoms with Crippen molar-refractivity contribution in [3.05, 3.63) is 102 Å². The Balaban J connectivity index is 2.11. The smallest absolute Gasteiger partial charge is 0.139 e. The molecule has 0 heterocycles. The molecule has 0 aliphatic rings. The van der Waals surface area contributed by atoms with Crippen LogP contribution >= 0.6 is 0 Å². The Morgan fingerprint density at radius 1 is 0.731 bits per heavy atom. The van der Waals surface area contributed by atoms with Crippen LogP contribution in [0.15, 0.2) is 84.9 Å². The van der Waals surface area contributed by atoms with E-state index in [1.807, 2.05) is 19.2 Å². The maximum Gasteiger partial charge on any atom is 0.139 e. The molecule has 0 atom stereocenters. The molecule has 26 heavy (non-hydrogen) atoms. The fraction of sp³-hybridized carbons (Fsp3) is 0.167. The normalized spacial score (nSPS) is 11.8. The van der Waals surface area contributed by atoms with Gasteiger partial charge in [-0.05, 0) is 53.4 Å². The quantitative estimate of drug-likeness (QED) is 0.444. The van der Waals surface area contributed by atoms with E-state index in [0.717, 1.165) is 12.2 Å². The van der Waals surface area contributed by atoms with Gasteiger partial charge < -0.3 is 4.74 Å². The van der Waals surface area contributed by atoms with E-state index in [0.29, 0.717) is 6.73 Å². The minimum atomic E-state index is 0.505. The summed E-state index contributed by atoms with van der Waals surface area (Å²) in [6, 6.07) is 29.6. The molecule has 3 aromatic rings. The van der Waals surface area contributed by atoms with Crippen molar-refractivity contribution in [3.63, 3.8) is 0 Å². The molecule has 2 heteroatoms. The van der Waals surface area contributed by atoms with Crippen LogP contribution in [0.3, 0.4) is 0 Å². The van der Waals surface area contributed by atoms with Crippen molar-refractivity contribution in [2.45, 2.75) is 13.3 Å². The van der Waals surface area contributed by atoms with E-state index in [1.54, 1.807) is 0 Å². The maximum atomic E-state index is 5.64. The zero-order valence-electron chi connectivity index (χ0n) is 15.4. The molecule has 0 amide bonds. The van der Waals surface area contributed by atoms with E-state index in [4.69, 9.17) is 4.74 Å². The first-order valence-electron chi connectivity index (χ1n) is 9.05. The number of hydrogen-bond donors (Lipinski definition) is 1. The van der Waals surface area contributed by atoms with Crippen LogP contribution in [0.4, 0.5) is 0 Å². The van der Waals surface area contributed by atoms with Crippen LogP contribution in [0.1, 0.15) is 30.0 Å². The third kappa shape index (κ3) is 4.22. The highest BCUT2D eigenvalue weighted by Gasteiger charge is 2.12. The van der Waals surface area contributed by atoms with Gasteiger partial charge in [0.15, 0.2) is 0 Å². The molecule has 1 N–H and O–H groups in total. The van der Waals surface area contributed by atoms with Crippen molar-refractivity contribution in [1.29, 1.82) is 0 Å². The molecule has 132 valence electrons. The van der Waals surface area contributed by atoms with Crippen molar-refractivity contribution in [2.75, 3.05) is 13.8 Å². The topological polar surface area (TPSA) is 21.3 Å². The second-order valence-corrected chi connectivity index (χ2v) is 6.11. The molecule has 3 aromatic carbocycles. The molecule has 0 aromatic heterocycles. The summed E-state index contributed by atoms with van der Waals surface area (Å²) in [5.74, 6) is 0.869. The predicted molar refractivity (Wildman–Crippen MR) is 110 cm³/mol. The zero-order valence-corrected chi connectivity index (χ0v) is 15.4. The third-order valence-corrected chi connectivity index (χ3v) is 4.37. The summed E-state index contributed by atoms with van der Waals surface area (Å²) >= 11 is 0. The van der Waals surface area contributed by atoms with E-state index < -0.39 is 0 Å². The molecule has 0 fully saturated rings. The molecule has 0 spiro atoms. The highest BCUT2D eigenvalue weighted by molar-refractivity contribution is 5.98. The molecule has 3 rings (SSSR count). The van der Waals surface area contributed by atoms with E-state index >= 15 is 0 Å². The summed E-state index contributed by atoms with van der Waals surface area (Å²) in [6.45, 7) is 2.72. The molecule has 0 bridgehead atoms. The molecule has 0 aliphatic carbocycles. The average Bonchev–Trinajstić information content (AvgIpc) is 2.72. The fourth-order valence-corrected chi connectivity index (χ4v) is 3.16. The van der Waals surface area contributed by atoms with Crippen LogP contribution in [0.2, 0.25) is 0 Å². The summed E-state index contributed by atoms with van der Waals surface area (Å²) in [5, 5.41) is 3.00. The van der Waals surface area contributed by atoms with E-state index in [1.165, 1.54) is 27.8 Å². The number of rotatable bonds is 7. The van der Waals surface area contributed by atoms with Crippen molar-refractivity contribution in [2.24, 2.45) is 0 Å². The van der Waals surface area contributed by atoms with Gasteiger partial charge in [0.05, 0.1) is 0 Å². The summed E-state index contributed by atoms with van der Waals surface area (Å²) in [5.41, 5.74) is 6.33. The number of allylic oxidation sites excluding steroid dienone is 1. The van der Waals surface area contributed by atoms with Gasteiger partial charge in [-0.1, -0.05) is 79.7 Å². The second kappa shape index (κ2) is 9.02. The molecular weight excluding hydrogens is 318 g/mol. The van der Waals surface area contributed by atoms with E-state index in [-0.39, 0.29) is 0 Å². The Morgan fingerprint density at radius 3 is 1.81 bits per heavy atom. The largest absolute Gasteiger partial charge is 0.478 e. The molecule has 0 radical (unpaired) electrons. The van der Waals surface area contributed by atoms with Crippen LogP contribution in [0.25, 0.3) is 11.1 Å². The lowest BCUT2D eigenvalue weighted by atomic mass is 9.88. The highest BCUT2D eigenvalue weighted by atomic mass is 16.5. The molecule has 0 unspecified atom stereocenters. The van der Waals surface area contributed by atoms with E-state index in [9.17, 15) is 0 Å². The molecule has 0 saturated carbocycles. The van der Waals surface area contributed by atoms with Gasteiger partial charge in [0.25, 0.3) is 0 Å². The minimum Gasteiger partial charge on any atom is -0.478 e. The minimum absolute atomic E-state index is 0.505. The van der Waals surface area contributed by atoms with Gasteiger partial charge in [-0.15, -0.1) is 0 Å². The Bertz CT molecular complexity index is 836. The average molecular weight is 343 g/mol. The van der Waals surface area contributed by atoms with Crippen LogP contribution in [0, 0.1) is 0 Å². The van der Waals surface area contributed by atoms with E-state index in [2.05, 4.69) is 85.0 Å². The van der Waals surface area contributed by atoms with Gasteiger partial charge in [-0.2, -0.15) is 0 Å². The van der Waals surface area contributed by atoms with Crippen LogP contribution in [-0.2, 0) is 0 Å². The summed E-state index contributed by atoms with van der Waals surface area (Å²) < 4.78 is 5.64. The highest BCUT2D eigenvalue weighted by Crippen LogP contribution is 2.34.